The van der Waals surface area contributed by atoms with Gasteiger partial charge in [0.05, 0.1) is 5.56 Å². The molecule has 0 radical (unpaired) electrons. The van der Waals surface area contributed by atoms with Gasteiger partial charge in [-0.05, 0) is 47.0 Å². The average Bonchev–Trinajstić information content (AvgIpc) is 3.26. The van der Waals surface area contributed by atoms with Crippen LogP contribution in [0.3, 0.4) is 0 Å². The minimum Gasteiger partial charge on any atom is -0.454 e. The van der Waals surface area contributed by atoms with Crippen molar-refractivity contribution in [3.63, 3.8) is 0 Å². The molecule has 0 aromatic heterocycles. The fourth-order valence-electron chi connectivity index (χ4n) is 3.99. The van der Waals surface area contributed by atoms with E-state index in [2.05, 4.69) is 0 Å². The summed E-state index contributed by atoms with van der Waals surface area (Å²) in [5, 5.41) is 0. The van der Waals surface area contributed by atoms with Crippen molar-refractivity contribution in [1.82, 2.24) is 4.90 Å². The summed E-state index contributed by atoms with van der Waals surface area (Å²) in [6, 6.07) is 20.5. The van der Waals surface area contributed by atoms with Crippen molar-refractivity contribution in [2.24, 2.45) is 0 Å². The van der Waals surface area contributed by atoms with Crippen LogP contribution in [0.25, 0.3) is 0 Å². The van der Waals surface area contributed by atoms with Gasteiger partial charge in [-0.15, -0.1) is 0 Å². The third kappa shape index (κ3) is 3.72. The molecule has 31 heavy (non-hydrogen) atoms. The van der Waals surface area contributed by atoms with Crippen molar-refractivity contribution >= 4 is 11.9 Å². The van der Waals surface area contributed by atoms with E-state index in [9.17, 15) is 9.59 Å². The zero-order valence-electron chi connectivity index (χ0n) is 17.0. The maximum absolute atomic E-state index is 13.1. The van der Waals surface area contributed by atoms with E-state index in [1.54, 1.807) is 24.1 Å². The van der Waals surface area contributed by atoms with Gasteiger partial charge in [0, 0.05) is 25.6 Å². The van der Waals surface area contributed by atoms with Crippen molar-refractivity contribution < 1.29 is 23.8 Å². The molecule has 0 fully saturated rings. The van der Waals surface area contributed by atoms with Crippen LogP contribution in [0.4, 0.5) is 0 Å². The van der Waals surface area contributed by atoms with Crippen molar-refractivity contribution in [3.8, 4) is 11.5 Å². The van der Waals surface area contributed by atoms with Crippen molar-refractivity contribution in [3.05, 3.63) is 94.5 Å². The van der Waals surface area contributed by atoms with E-state index in [4.69, 9.17) is 14.2 Å². The maximum atomic E-state index is 13.1. The predicted octanol–water partition coefficient (Wildman–Crippen LogP) is 4.14. The van der Waals surface area contributed by atoms with Crippen LogP contribution >= 0.6 is 0 Å². The fraction of sp³-hybridized carbons (Fsp3) is 0.200. The van der Waals surface area contributed by atoms with E-state index >= 15 is 0 Å². The molecule has 1 amide bonds. The summed E-state index contributed by atoms with van der Waals surface area (Å²) >= 11 is 0. The Bertz CT molecular complexity index is 1160. The van der Waals surface area contributed by atoms with Crippen LogP contribution in [-0.2, 0) is 17.7 Å². The summed E-state index contributed by atoms with van der Waals surface area (Å²) in [5.74, 6) is 0.934. The number of amides is 1. The molecule has 2 heterocycles. The fourth-order valence-corrected chi connectivity index (χ4v) is 3.99. The number of esters is 1. The number of nitrogens with zero attached hydrogens (tertiary/aromatic N) is 1. The highest BCUT2D eigenvalue weighted by molar-refractivity contribution is 5.97. The molecule has 0 unspecified atom stereocenters. The summed E-state index contributed by atoms with van der Waals surface area (Å²) < 4.78 is 16.4. The molecule has 5 rings (SSSR count). The van der Waals surface area contributed by atoms with E-state index < -0.39 is 0 Å². The Morgan fingerprint density at radius 2 is 1.81 bits per heavy atom. The van der Waals surface area contributed by atoms with Crippen LogP contribution in [0.15, 0.2) is 66.7 Å². The Morgan fingerprint density at radius 1 is 1.00 bits per heavy atom. The van der Waals surface area contributed by atoms with E-state index in [-0.39, 0.29) is 24.8 Å². The molecule has 2 aliphatic rings. The second kappa shape index (κ2) is 7.80. The number of rotatable bonds is 4. The minimum atomic E-state index is -0.359. The molecule has 0 bridgehead atoms. The van der Waals surface area contributed by atoms with Gasteiger partial charge in [-0.25, -0.2) is 4.79 Å². The van der Waals surface area contributed by atoms with Crippen molar-refractivity contribution in [2.45, 2.75) is 19.1 Å². The van der Waals surface area contributed by atoms with Crippen molar-refractivity contribution in [2.75, 3.05) is 13.8 Å². The number of carbonyl (C=O) groups excluding carboxylic acids is 2. The molecular formula is C25H21NO5. The Hall–Kier alpha value is -3.80. The number of benzene rings is 3. The highest BCUT2D eigenvalue weighted by Crippen LogP contribution is 2.33. The molecule has 0 saturated carbocycles. The zero-order valence-corrected chi connectivity index (χ0v) is 17.0. The first-order valence-electron chi connectivity index (χ1n) is 10.1. The van der Waals surface area contributed by atoms with Crippen LogP contribution in [0, 0.1) is 0 Å². The van der Waals surface area contributed by atoms with Gasteiger partial charge in [-0.2, -0.15) is 0 Å². The highest BCUT2D eigenvalue weighted by atomic mass is 16.7. The van der Waals surface area contributed by atoms with Gasteiger partial charge in [0.25, 0.3) is 5.91 Å². The molecule has 2 aliphatic heterocycles. The highest BCUT2D eigenvalue weighted by Gasteiger charge is 2.28. The molecule has 0 spiro atoms. The first-order valence-corrected chi connectivity index (χ1v) is 10.1. The lowest BCUT2D eigenvalue weighted by Gasteiger charge is -2.26. The Morgan fingerprint density at radius 3 is 2.65 bits per heavy atom. The van der Waals surface area contributed by atoms with E-state index in [1.165, 1.54) is 0 Å². The first kappa shape index (κ1) is 19.2. The van der Waals surface area contributed by atoms with Crippen LogP contribution in [0.1, 0.15) is 43.5 Å². The van der Waals surface area contributed by atoms with E-state index in [1.807, 2.05) is 54.6 Å². The number of hydrogen-bond acceptors (Lipinski definition) is 5. The minimum absolute atomic E-state index is 0.115. The van der Waals surface area contributed by atoms with Crippen molar-refractivity contribution in [1.29, 1.82) is 0 Å². The molecule has 0 saturated heterocycles. The molecule has 1 atom stereocenters. The quantitative estimate of drug-likeness (QED) is 0.599. The van der Waals surface area contributed by atoms with Gasteiger partial charge >= 0.3 is 5.97 Å². The molecule has 156 valence electrons. The second-order valence-electron chi connectivity index (χ2n) is 7.73. The van der Waals surface area contributed by atoms with Gasteiger partial charge in [0.15, 0.2) is 11.5 Å². The topological polar surface area (TPSA) is 65.1 Å². The molecule has 3 aromatic rings. The largest absolute Gasteiger partial charge is 0.454 e. The van der Waals surface area contributed by atoms with Gasteiger partial charge in [0.2, 0.25) is 6.79 Å². The van der Waals surface area contributed by atoms with Crippen LogP contribution in [0.2, 0.25) is 0 Å². The monoisotopic (exact) mass is 415 g/mol. The average molecular weight is 415 g/mol. The summed E-state index contributed by atoms with van der Waals surface area (Å²) in [4.78, 5) is 27.2. The Kier molecular flexibility index (Phi) is 4.82. The summed E-state index contributed by atoms with van der Waals surface area (Å²) in [7, 11) is 1.76. The molecule has 0 aliphatic carbocycles. The smallest absolute Gasteiger partial charge is 0.339 e. The third-order valence-electron chi connectivity index (χ3n) is 5.60. The van der Waals surface area contributed by atoms with Crippen LogP contribution in [0.5, 0.6) is 11.5 Å². The maximum Gasteiger partial charge on any atom is 0.339 e. The van der Waals surface area contributed by atoms with Gasteiger partial charge < -0.3 is 19.1 Å². The zero-order chi connectivity index (χ0) is 21.4. The predicted molar refractivity (Wildman–Crippen MR) is 113 cm³/mol. The standard InChI is InChI=1S/C25H21NO5/c1-26(14-16-7-10-21-23(11-16)30-15-29-21)24(27)18-8-9-20-19(12-18)13-22(31-25(20)28)17-5-3-2-4-6-17/h2-12,22H,13-15H2,1H3/t22-/m0/s1. The lowest BCUT2D eigenvalue weighted by atomic mass is 9.93. The summed E-state index contributed by atoms with van der Waals surface area (Å²) in [6.07, 6.45) is 0.191. The molecular weight excluding hydrogens is 394 g/mol. The van der Waals surface area contributed by atoms with Gasteiger partial charge in [-0.3, -0.25) is 4.79 Å². The Balaban J connectivity index is 1.35. The normalized spacial score (nSPS) is 16.4. The van der Waals surface area contributed by atoms with Crippen LogP contribution < -0.4 is 9.47 Å². The molecule has 0 N–H and O–H groups in total. The lowest BCUT2D eigenvalue weighted by Crippen LogP contribution is -2.27. The van der Waals surface area contributed by atoms with E-state index in [0.717, 1.165) is 16.7 Å². The number of cyclic esters (lactones) is 1. The number of ether oxygens (including phenoxy) is 3. The summed E-state index contributed by atoms with van der Waals surface area (Å²) in [6.45, 7) is 0.649. The SMILES string of the molecule is CN(Cc1ccc2c(c1)OCO2)C(=O)c1ccc2c(c1)C[C@@H](c1ccccc1)OC2=O. The Labute approximate surface area is 180 Å². The van der Waals surface area contributed by atoms with Crippen LogP contribution in [-0.4, -0.2) is 30.6 Å². The van der Waals surface area contributed by atoms with Gasteiger partial charge in [0.1, 0.15) is 6.10 Å². The second-order valence-corrected chi connectivity index (χ2v) is 7.73. The molecule has 3 aromatic carbocycles. The number of fused-ring (bicyclic) bond motifs is 2. The van der Waals surface area contributed by atoms with E-state index in [0.29, 0.717) is 35.6 Å². The summed E-state index contributed by atoms with van der Waals surface area (Å²) in [5.41, 5.74) is 3.78. The first-order chi connectivity index (χ1) is 15.1. The van der Waals surface area contributed by atoms with Gasteiger partial charge in [-0.1, -0.05) is 36.4 Å². The third-order valence-corrected chi connectivity index (χ3v) is 5.60. The lowest BCUT2D eigenvalue weighted by molar-refractivity contribution is 0.0252. The number of hydrogen-bond donors (Lipinski definition) is 0. The molecule has 6 heteroatoms. The number of carbonyl (C=O) groups is 2. The molecule has 6 nitrogen and oxygen atoms in total.